The predicted octanol–water partition coefficient (Wildman–Crippen LogP) is 1.58. The zero-order valence-electron chi connectivity index (χ0n) is 14.9. The van der Waals surface area contributed by atoms with Crippen LogP contribution in [0.15, 0.2) is 18.2 Å². The van der Waals surface area contributed by atoms with E-state index in [2.05, 4.69) is 10.1 Å². The van der Waals surface area contributed by atoms with Crippen LogP contribution in [0.3, 0.4) is 0 Å². The molecule has 1 aliphatic heterocycles. The van der Waals surface area contributed by atoms with Crippen molar-refractivity contribution >= 4 is 39.4 Å². The quantitative estimate of drug-likeness (QED) is 0.753. The summed E-state index contributed by atoms with van der Waals surface area (Å²) >= 11 is 5.96. The molecule has 1 saturated heterocycles. The molecule has 0 aromatic heterocycles. The molecule has 0 bridgehead atoms. The first kappa shape index (κ1) is 20.6. The lowest BCUT2D eigenvalue weighted by Gasteiger charge is -2.32. The molecule has 0 saturated carbocycles. The van der Waals surface area contributed by atoms with Gasteiger partial charge < -0.3 is 10.1 Å². The van der Waals surface area contributed by atoms with E-state index in [-0.39, 0.29) is 23.0 Å². The third kappa shape index (κ3) is 4.53. The molecule has 2 rings (SSSR count). The molecule has 0 radical (unpaired) electrons. The molecular formula is C16H22ClN3O5S. The van der Waals surface area contributed by atoms with Gasteiger partial charge in [0.05, 0.1) is 23.6 Å². The largest absolute Gasteiger partial charge is 0.465 e. The van der Waals surface area contributed by atoms with Crippen LogP contribution in [0, 0.1) is 5.92 Å². The van der Waals surface area contributed by atoms with Gasteiger partial charge in [-0.05, 0) is 31.0 Å². The number of nitrogens with zero attached hydrogens (tertiary/aromatic N) is 2. The molecule has 8 nitrogen and oxygen atoms in total. The lowest BCUT2D eigenvalue weighted by molar-refractivity contribution is -0.120. The van der Waals surface area contributed by atoms with E-state index in [1.165, 1.54) is 37.6 Å². The maximum atomic E-state index is 12.6. The van der Waals surface area contributed by atoms with Crippen LogP contribution in [-0.2, 0) is 19.7 Å². The highest BCUT2D eigenvalue weighted by atomic mass is 35.5. The molecule has 1 atom stereocenters. The minimum absolute atomic E-state index is 0.115. The second-order valence-electron chi connectivity index (χ2n) is 6.16. The monoisotopic (exact) mass is 403 g/mol. The summed E-state index contributed by atoms with van der Waals surface area (Å²) in [5.41, 5.74) is 0.541. The average molecular weight is 404 g/mol. The number of amides is 1. The van der Waals surface area contributed by atoms with Crippen molar-refractivity contribution in [1.82, 2.24) is 8.61 Å². The van der Waals surface area contributed by atoms with Crippen LogP contribution in [0.1, 0.15) is 23.2 Å². The summed E-state index contributed by atoms with van der Waals surface area (Å²) in [5.74, 6) is -1.38. The van der Waals surface area contributed by atoms with Crippen molar-refractivity contribution in [3.05, 3.63) is 28.8 Å². The van der Waals surface area contributed by atoms with E-state index in [1.54, 1.807) is 6.07 Å². The molecule has 26 heavy (non-hydrogen) atoms. The van der Waals surface area contributed by atoms with E-state index in [1.807, 2.05) is 0 Å². The van der Waals surface area contributed by atoms with Crippen LogP contribution < -0.4 is 5.32 Å². The zero-order valence-corrected chi connectivity index (χ0v) is 16.4. The van der Waals surface area contributed by atoms with Crippen LogP contribution in [0.25, 0.3) is 0 Å². The van der Waals surface area contributed by atoms with Gasteiger partial charge in [0.25, 0.3) is 10.2 Å². The van der Waals surface area contributed by atoms with Crippen molar-refractivity contribution in [3.8, 4) is 0 Å². The standard InChI is InChI=1S/C16H22ClN3O5S/c1-19(2)26(23,24)20-8-4-5-11(10-20)15(21)18-12-6-7-14(17)13(9-12)16(22)25-3/h6-7,9,11H,4-5,8,10H2,1-3H3,(H,18,21). The van der Waals surface area contributed by atoms with Gasteiger partial charge in [-0.2, -0.15) is 17.0 Å². The highest BCUT2D eigenvalue weighted by Gasteiger charge is 2.33. The number of esters is 1. The Hall–Kier alpha value is -1.68. The van der Waals surface area contributed by atoms with Crippen molar-refractivity contribution in [1.29, 1.82) is 0 Å². The fourth-order valence-corrected chi connectivity index (χ4v) is 4.10. The molecule has 1 amide bonds. The molecule has 1 unspecified atom stereocenters. The Bertz CT molecular complexity index is 797. The third-order valence-corrected chi connectivity index (χ3v) is 6.42. The molecule has 0 aliphatic carbocycles. The van der Waals surface area contributed by atoms with Gasteiger partial charge in [-0.25, -0.2) is 4.79 Å². The van der Waals surface area contributed by atoms with Crippen molar-refractivity contribution in [2.75, 3.05) is 39.6 Å². The second-order valence-corrected chi connectivity index (χ2v) is 8.71. The topological polar surface area (TPSA) is 96.0 Å². The zero-order chi connectivity index (χ0) is 19.5. The van der Waals surface area contributed by atoms with Gasteiger partial charge in [0.1, 0.15) is 0 Å². The molecular weight excluding hydrogens is 382 g/mol. The van der Waals surface area contributed by atoms with E-state index >= 15 is 0 Å². The summed E-state index contributed by atoms with van der Waals surface area (Å²) < 4.78 is 31.6. The lowest BCUT2D eigenvalue weighted by Crippen LogP contribution is -2.47. The van der Waals surface area contributed by atoms with Crippen molar-refractivity contribution < 1.29 is 22.7 Å². The van der Waals surface area contributed by atoms with Gasteiger partial charge in [-0.1, -0.05) is 11.6 Å². The van der Waals surface area contributed by atoms with Crippen molar-refractivity contribution in [2.45, 2.75) is 12.8 Å². The summed E-state index contributed by atoms with van der Waals surface area (Å²) in [4.78, 5) is 24.2. The lowest BCUT2D eigenvalue weighted by atomic mass is 9.98. The van der Waals surface area contributed by atoms with Gasteiger partial charge in [0.2, 0.25) is 5.91 Å². The fourth-order valence-electron chi connectivity index (χ4n) is 2.71. The maximum absolute atomic E-state index is 12.6. The number of ether oxygens (including phenoxy) is 1. The second kappa shape index (κ2) is 8.34. The highest BCUT2D eigenvalue weighted by Crippen LogP contribution is 2.24. The van der Waals surface area contributed by atoms with E-state index < -0.39 is 22.1 Å². The number of carbonyl (C=O) groups is 2. The van der Waals surface area contributed by atoms with Crippen molar-refractivity contribution in [2.24, 2.45) is 5.92 Å². The summed E-state index contributed by atoms with van der Waals surface area (Å²) in [7, 11) is 0.602. The predicted molar refractivity (Wildman–Crippen MR) is 98.3 cm³/mol. The Kier molecular flexibility index (Phi) is 6.62. The molecule has 1 aromatic carbocycles. The number of anilines is 1. The Morgan fingerprint density at radius 3 is 2.65 bits per heavy atom. The Morgan fingerprint density at radius 2 is 2.04 bits per heavy atom. The Labute approximate surface area is 158 Å². The minimum Gasteiger partial charge on any atom is -0.465 e. The summed E-state index contributed by atoms with van der Waals surface area (Å²) in [5, 5.41) is 2.94. The van der Waals surface area contributed by atoms with Gasteiger partial charge in [-0.15, -0.1) is 0 Å². The smallest absolute Gasteiger partial charge is 0.339 e. The van der Waals surface area contributed by atoms with E-state index in [4.69, 9.17) is 11.6 Å². The molecule has 10 heteroatoms. The normalized spacial score (nSPS) is 18.6. The Morgan fingerprint density at radius 1 is 1.35 bits per heavy atom. The molecule has 0 spiro atoms. The number of methoxy groups -OCH3 is 1. The molecule has 1 N–H and O–H groups in total. The van der Waals surface area contributed by atoms with Crippen LogP contribution in [0.2, 0.25) is 5.02 Å². The van der Waals surface area contributed by atoms with Crippen LogP contribution in [0.5, 0.6) is 0 Å². The summed E-state index contributed by atoms with van der Waals surface area (Å²) in [6, 6.07) is 4.50. The number of benzene rings is 1. The van der Waals surface area contributed by atoms with Gasteiger partial charge in [-0.3, -0.25) is 4.79 Å². The summed E-state index contributed by atoms with van der Waals surface area (Å²) in [6.45, 7) is 0.502. The van der Waals surface area contributed by atoms with Crippen molar-refractivity contribution in [3.63, 3.8) is 0 Å². The molecule has 1 fully saturated rings. The third-order valence-electron chi connectivity index (χ3n) is 4.18. The number of hydrogen-bond acceptors (Lipinski definition) is 5. The number of hydrogen-bond donors (Lipinski definition) is 1. The number of piperidine rings is 1. The van der Waals surface area contributed by atoms with Crippen LogP contribution in [0.4, 0.5) is 5.69 Å². The molecule has 1 aromatic rings. The first-order valence-electron chi connectivity index (χ1n) is 8.03. The summed E-state index contributed by atoms with van der Waals surface area (Å²) in [6.07, 6.45) is 1.18. The van der Waals surface area contributed by atoms with Crippen LogP contribution in [-0.4, -0.2) is 63.2 Å². The molecule has 1 aliphatic rings. The first-order chi connectivity index (χ1) is 12.2. The number of halogens is 1. The van der Waals surface area contributed by atoms with Crippen LogP contribution >= 0.6 is 11.6 Å². The average Bonchev–Trinajstić information content (AvgIpc) is 2.62. The van der Waals surface area contributed by atoms with Gasteiger partial charge in [0, 0.05) is 32.9 Å². The van der Waals surface area contributed by atoms with Gasteiger partial charge in [0.15, 0.2) is 0 Å². The highest BCUT2D eigenvalue weighted by molar-refractivity contribution is 7.86. The molecule has 144 valence electrons. The number of carbonyl (C=O) groups excluding carboxylic acids is 2. The SMILES string of the molecule is COC(=O)c1cc(NC(=O)C2CCCN(S(=O)(=O)N(C)C)C2)ccc1Cl. The first-order valence-corrected chi connectivity index (χ1v) is 9.80. The van der Waals surface area contributed by atoms with Gasteiger partial charge >= 0.3 is 5.97 Å². The number of rotatable bonds is 5. The molecule has 1 heterocycles. The number of nitrogens with one attached hydrogen (secondary N) is 1. The fraction of sp³-hybridized carbons (Fsp3) is 0.500. The Balaban J connectivity index is 2.11. The van der Waals surface area contributed by atoms with E-state index in [0.29, 0.717) is 25.1 Å². The van der Waals surface area contributed by atoms with E-state index in [9.17, 15) is 18.0 Å². The maximum Gasteiger partial charge on any atom is 0.339 e. The minimum atomic E-state index is -3.56. The van der Waals surface area contributed by atoms with E-state index in [0.717, 1.165) is 4.31 Å².